The molecule has 10 heteroatoms. The second-order valence-corrected chi connectivity index (χ2v) is 17.8. The second-order valence-electron chi connectivity index (χ2n) is 17.8. The van der Waals surface area contributed by atoms with Gasteiger partial charge in [0.25, 0.3) is 0 Å². The van der Waals surface area contributed by atoms with Crippen LogP contribution in [0.25, 0.3) is 0 Å². The summed E-state index contributed by atoms with van der Waals surface area (Å²) in [5.41, 5.74) is 6.48. The van der Waals surface area contributed by atoms with Crippen molar-refractivity contribution in [3.63, 3.8) is 0 Å². The highest BCUT2D eigenvalue weighted by molar-refractivity contribution is 5.70. The molecule has 334 valence electrons. The zero-order valence-electron chi connectivity index (χ0n) is 38.2. The van der Waals surface area contributed by atoms with Gasteiger partial charge in [-0.3, -0.25) is 4.90 Å². The molecule has 4 aromatic rings. The monoisotopic (exact) mass is 848 g/mol. The van der Waals surface area contributed by atoms with Crippen LogP contribution in [0, 0.1) is 0 Å². The second kappa shape index (κ2) is 20.5. The average Bonchev–Trinajstić information content (AvgIpc) is 3.27. The van der Waals surface area contributed by atoms with Crippen molar-refractivity contribution in [2.45, 2.75) is 121 Å². The number of carboxylic acids is 1. The first-order valence-corrected chi connectivity index (χ1v) is 23.0. The first kappa shape index (κ1) is 45.1. The number of hydrogen-bond donors (Lipinski definition) is 0. The van der Waals surface area contributed by atoms with Crippen LogP contribution in [0.15, 0.2) is 60.7 Å². The van der Waals surface area contributed by atoms with Gasteiger partial charge >= 0.3 is 0 Å². The van der Waals surface area contributed by atoms with Gasteiger partial charge in [0.1, 0.15) is 17.8 Å². The summed E-state index contributed by atoms with van der Waals surface area (Å²) in [4.78, 5) is 15.7. The first-order valence-electron chi connectivity index (χ1n) is 23.0. The fourth-order valence-corrected chi connectivity index (χ4v) is 10.3. The standard InChI is InChI=1S/C52H68N2O8/c1-8-9-10-11-12-13-14-15-16-17-18-42(52(55)56)54(3)28-26-37-32-45(58-5)47-34-40(37)43(54)30-35-19-22-39(23-20-35)61-46-31-36(21-24-44(46)57-4)29-41-49-38(25-27-53(41)2)33-48(59-6)50(60-7)51(49)62-47/h19-24,31-34,41-43H,8-18,25-30H2,1-7H3. The van der Waals surface area contributed by atoms with E-state index in [1.807, 2.05) is 18.2 Å². The van der Waals surface area contributed by atoms with E-state index in [1.165, 1.54) is 44.9 Å². The third-order valence-electron chi connectivity index (χ3n) is 14.0. The van der Waals surface area contributed by atoms with Gasteiger partial charge < -0.3 is 42.8 Å². The van der Waals surface area contributed by atoms with Crippen LogP contribution in [0.2, 0.25) is 0 Å². The van der Waals surface area contributed by atoms with Crippen molar-refractivity contribution in [3.8, 4) is 46.0 Å². The average molecular weight is 849 g/mol. The maximum absolute atomic E-state index is 13.4. The smallest absolute Gasteiger partial charge is 0.204 e. The third kappa shape index (κ3) is 9.66. The van der Waals surface area contributed by atoms with Gasteiger partial charge in [-0.15, -0.1) is 0 Å². The molecule has 0 saturated heterocycles. The van der Waals surface area contributed by atoms with Crippen molar-refractivity contribution in [1.82, 2.24) is 4.90 Å². The number of rotatable bonds is 17. The Balaban J connectivity index is 1.32. The van der Waals surface area contributed by atoms with E-state index in [4.69, 9.17) is 28.4 Å². The summed E-state index contributed by atoms with van der Waals surface area (Å²) in [6, 6.07) is 19.6. The number of likely N-dealkylation sites (N-methyl/N-ethyl adjacent to an activating group) is 2. The summed E-state index contributed by atoms with van der Waals surface area (Å²) in [6.45, 7) is 3.75. The Morgan fingerprint density at radius 2 is 1.39 bits per heavy atom. The Labute approximate surface area is 369 Å². The minimum atomic E-state index is -0.987. The number of methoxy groups -OCH3 is 4. The minimum absolute atomic E-state index is 0.0843. The van der Waals surface area contributed by atoms with Gasteiger partial charge in [-0.25, -0.2) is 0 Å². The molecule has 0 aliphatic carbocycles. The van der Waals surface area contributed by atoms with E-state index in [1.54, 1.807) is 28.4 Å². The van der Waals surface area contributed by atoms with Gasteiger partial charge in [0.05, 0.1) is 48.0 Å². The Morgan fingerprint density at radius 1 is 0.742 bits per heavy atom. The summed E-state index contributed by atoms with van der Waals surface area (Å²) < 4.78 is 38.1. The predicted octanol–water partition coefficient (Wildman–Crippen LogP) is 10.1. The number of quaternary nitrogens is 1. The van der Waals surface area contributed by atoms with Crippen molar-refractivity contribution < 1.29 is 42.8 Å². The number of unbranched alkanes of at least 4 members (excludes halogenated alkanes) is 9. The zero-order chi connectivity index (χ0) is 43.8. The van der Waals surface area contributed by atoms with Gasteiger partial charge in [-0.1, -0.05) is 82.9 Å². The van der Waals surface area contributed by atoms with E-state index in [0.717, 1.165) is 65.6 Å². The lowest BCUT2D eigenvalue weighted by Gasteiger charge is -2.51. The van der Waals surface area contributed by atoms with E-state index in [9.17, 15) is 9.90 Å². The van der Waals surface area contributed by atoms with Crippen LogP contribution in [-0.4, -0.2) is 77.0 Å². The van der Waals surface area contributed by atoms with Crippen molar-refractivity contribution in [2.75, 3.05) is 55.6 Å². The van der Waals surface area contributed by atoms with Crippen LogP contribution in [0.5, 0.6) is 46.0 Å². The van der Waals surface area contributed by atoms with Crippen molar-refractivity contribution >= 4 is 5.97 Å². The maximum Gasteiger partial charge on any atom is 0.204 e. The van der Waals surface area contributed by atoms with Gasteiger partial charge in [0.15, 0.2) is 34.5 Å². The van der Waals surface area contributed by atoms with Gasteiger partial charge in [-0.05, 0) is 91.0 Å². The highest BCUT2D eigenvalue weighted by atomic mass is 16.5. The first-order chi connectivity index (χ1) is 30.1. The van der Waals surface area contributed by atoms with Crippen molar-refractivity contribution in [3.05, 3.63) is 94.0 Å². The van der Waals surface area contributed by atoms with Crippen LogP contribution in [0.3, 0.4) is 0 Å². The third-order valence-corrected chi connectivity index (χ3v) is 14.0. The van der Waals surface area contributed by atoms with Crippen LogP contribution in [0.1, 0.15) is 123 Å². The van der Waals surface area contributed by atoms with Crippen molar-refractivity contribution in [2.24, 2.45) is 0 Å². The van der Waals surface area contributed by atoms with Gasteiger partial charge in [-0.2, -0.15) is 0 Å². The highest BCUT2D eigenvalue weighted by Gasteiger charge is 2.46. The number of nitrogens with zero attached hydrogens (tertiary/aromatic N) is 2. The molecule has 0 saturated carbocycles. The number of ether oxygens (including phenoxy) is 6. The Morgan fingerprint density at radius 3 is 2.05 bits per heavy atom. The van der Waals surface area contributed by atoms with E-state index in [0.29, 0.717) is 82.7 Å². The SMILES string of the molecule is CCCCCCCCCCCCC(C(=O)[O-])[N+]1(C)CCc2cc(OC)c3cc2C1Cc1ccc(cc1)Oc1cc(ccc1OC)CC1c2c(cc(OC)c(OC)c2O3)CCN1C. The quantitative estimate of drug-likeness (QED) is 0.0760. The Hall–Kier alpha value is -4.93. The largest absolute Gasteiger partial charge is 0.544 e. The maximum atomic E-state index is 13.4. The fourth-order valence-electron chi connectivity index (χ4n) is 10.3. The highest BCUT2D eigenvalue weighted by Crippen LogP contribution is 2.52. The Bertz CT molecular complexity index is 2150. The molecule has 4 aromatic carbocycles. The number of benzene rings is 4. The predicted molar refractivity (Wildman–Crippen MR) is 241 cm³/mol. The molecule has 0 spiro atoms. The molecule has 6 bridgehead atoms. The van der Waals surface area contributed by atoms with Crippen LogP contribution in [0.4, 0.5) is 0 Å². The molecule has 0 N–H and O–H groups in total. The zero-order valence-corrected chi connectivity index (χ0v) is 38.2. The molecule has 62 heavy (non-hydrogen) atoms. The normalized spacial score (nSPS) is 19.9. The molecular formula is C52H68N2O8. The lowest BCUT2D eigenvalue weighted by Crippen LogP contribution is -2.63. The van der Waals surface area contributed by atoms with Gasteiger partial charge in [0.2, 0.25) is 5.75 Å². The summed E-state index contributed by atoms with van der Waals surface area (Å²) in [7, 11) is 10.9. The molecule has 10 nitrogen and oxygen atoms in total. The Kier molecular flexibility index (Phi) is 14.9. The molecule has 4 heterocycles. The fraction of sp³-hybridized carbons (Fsp3) is 0.519. The number of carbonyl (C=O) groups excluding carboxylic acids is 1. The molecule has 4 unspecified atom stereocenters. The van der Waals surface area contributed by atoms with Gasteiger partial charge in [0, 0.05) is 43.0 Å². The molecular weight excluding hydrogens is 781 g/mol. The molecule has 4 aliphatic rings. The molecule has 0 amide bonds. The van der Waals surface area contributed by atoms with E-state index >= 15 is 0 Å². The molecule has 4 atom stereocenters. The summed E-state index contributed by atoms with van der Waals surface area (Å²) in [5, 5.41) is 13.4. The number of fused-ring (bicyclic) bond motifs is 2. The topological polar surface area (TPSA) is 98.8 Å². The van der Waals surface area contributed by atoms with E-state index in [2.05, 4.69) is 68.4 Å². The number of carbonyl (C=O) groups is 1. The van der Waals surface area contributed by atoms with Crippen molar-refractivity contribution in [1.29, 1.82) is 0 Å². The van der Waals surface area contributed by atoms with Crippen LogP contribution in [-0.2, 0) is 30.5 Å². The summed E-state index contributed by atoms with van der Waals surface area (Å²) in [5.74, 6) is 3.81. The van der Waals surface area contributed by atoms with Crippen LogP contribution < -0.4 is 33.5 Å². The number of carboxylic acid groups (broad SMARTS) is 1. The summed E-state index contributed by atoms with van der Waals surface area (Å²) >= 11 is 0. The van der Waals surface area contributed by atoms with Crippen LogP contribution >= 0.6 is 0 Å². The number of aliphatic carboxylic acids is 1. The minimum Gasteiger partial charge on any atom is -0.544 e. The molecule has 4 aliphatic heterocycles. The number of hydrogen-bond acceptors (Lipinski definition) is 9. The molecule has 0 radical (unpaired) electrons. The molecule has 0 fully saturated rings. The van der Waals surface area contributed by atoms with E-state index < -0.39 is 12.0 Å². The molecule has 8 rings (SSSR count). The lowest BCUT2D eigenvalue weighted by molar-refractivity contribution is -0.958. The van der Waals surface area contributed by atoms with E-state index in [-0.39, 0.29) is 12.1 Å². The lowest BCUT2D eigenvalue weighted by atomic mass is 9.84. The summed E-state index contributed by atoms with van der Waals surface area (Å²) in [6.07, 6.45) is 15.3. The molecule has 0 aromatic heterocycles.